The minimum absolute atomic E-state index is 0.113. The Morgan fingerprint density at radius 3 is 1.16 bits per heavy atom. The highest BCUT2D eigenvalue weighted by atomic mass is 35.7. The first-order valence-corrected chi connectivity index (χ1v) is 41.8. The number of nitrogens with one attached hydrogen (secondary N) is 7. The largest absolute Gasteiger partial charge is 0.468 e. The van der Waals surface area contributed by atoms with E-state index in [0.717, 1.165) is 24.3 Å². The molecule has 12 N–H and O–H groups in total. The predicted octanol–water partition coefficient (Wildman–Crippen LogP) is 2.21. The minimum Gasteiger partial charge on any atom is -0.468 e. The van der Waals surface area contributed by atoms with Crippen molar-refractivity contribution in [2.24, 2.45) is 0 Å². The van der Waals surface area contributed by atoms with Crippen LogP contribution in [0.2, 0.25) is 0 Å². The van der Waals surface area contributed by atoms with Crippen LogP contribution in [0.15, 0.2) is 164 Å². The van der Waals surface area contributed by atoms with Gasteiger partial charge in [-0.15, -0.1) is 0 Å². The molecule has 6 aliphatic rings. The second kappa shape index (κ2) is 46.2. The number of aromatic nitrogens is 10. The number of ether oxygens (including phenoxy) is 8. The van der Waals surface area contributed by atoms with E-state index in [9.17, 15) is 71.8 Å². The summed E-state index contributed by atoms with van der Waals surface area (Å²) in [6.07, 6.45) is 14.8. The zero-order chi connectivity index (χ0) is 89.2. The van der Waals surface area contributed by atoms with Crippen molar-refractivity contribution in [1.29, 1.82) is 0 Å². The molecule has 42 nitrogen and oxygen atoms in total. The summed E-state index contributed by atoms with van der Waals surface area (Å²) in [7, 11) is -1.54. The second-order valence-electron chi connectivity index (χ2n) is 27.8. The van der Waals surface area contributed by atoms with E-state index in [1.54, 1.807) is 120 Å². The fourth-order valence-electron chi connectivity index (χ4n) is 11.5. The summed E-state index contributed by atoms with van der Waals surface area (Å²) in [5, 5.41) is 50.1. The summed E-state index contributed by atoms with van der Waals surface area (Å²) >= 11 is 5.72. The Hall–Kier alpha value is -10.2. The number of carbonyl (C=O) groups is 2. The molecular formula is C76H101ClN12O30P2. The first-order valence-electron chi connectivity index (χ1n) is 37.7. The molecule has 0 bridgehead atoms. The Kier molecular flexibility index (Phi) is 37.3. The maximum absolute atomic E-state index is 13.4. The first-order chi connectivity index (χ1) is 57.3. The fourth-order valence-corrected chi connectivity index (χ4v) is 14.7. The van der Waals surface area contributed by atoms with Crippen LogP contribution in [0, 0.1) is 48.5 Å². The number of hydrogen-bond acceptors (Lipinski definition) is 30. The van der Waals surface area contributed by atoms with Crippen LogP contribution in [0.1, 0.15) is 116 Å². The van der Waals surface area contributed by atoms with Gasteiger partial charge in [0.05, 0.1) is 59.5 Å². The Balaban J connectivity index is 0.000000202. The normalized spacial score (nSPS) is 22.4. The van der Waals surface area contributed by atoms with Crippen LogP contribution in [-0.4, -0.2) is 194 Å². The van der Waals surface area contributed by atoms with E-state index in [0.29, 0.717) is 52.2 Å². The maximum atomic E-state index is 13.4. The van der Waals surface area contributed by atoms with Crippen LogP contribution in [0.5, 0.6) is 11.5 Å². The van der Waals surface area contributed by atoms with Crippen LogP contribution in [0.3, 0.4) is 0 Å². The number of aliphatic hydroxyl groups is 5. The molecule has 11 heterocycles. The van der Waals surface area contributed by atoms with Crippen molar-refractivity contribution in [2.75, 3.05) is 60.5 Å². The molecule has 2 aromatic carbocycles. The van der Waals surface area contributed by atoms with Crippen LogP contribution < -0.4 is 75.5 Å². The number of H-pyrrole nitrogens is 5. The van der Waals surface area contributed by atoms with Crippen LogP contribution >= 0.6 is 25.9 Å². The third-order valence-electron chi connectivity index (χ3n) is 18.2. The number of nitrogens with zero attached hydrogens (tertiary/aromatic N) is 5. The number of aromatic amines is 5. The summed E-state index contributed by atoms with van der Waals surface area (Å²) in [6, 6.07) is 12.0. The third-order valence-corrected chi connectivity index (χ3v) is 21.4. The van der Waals surface area contributed by atoms with Crippen molar-refractivity contribution in [3.8, 4) is 11.5 Å². The molecular weight excluding hydrogens is 1660 g/mol. The number of halogens is 1. The Morgan fingerprint density at radius 1 is 0.479 bits per heavy atom. The number of hydrogen-bond donors (Lipinski definition) is 12. The molecule has 121 heavy (non-hydrogen) atoms. The molecule has 45 heteroatoms. The highest BCUT2D eigenvalue weighted by Gasteiger charge is 2.38. The zero-order valence-corrected chi connectivity index (χ0v) is 70.5. The molecule has 15 atom stereocenters. The quantitative estimate of drug-likeness (QED) is 0.0263. The average Bonchev–Trinajstić information content (AvgIpc) is 1.77. The van der Waals surface area contributed by atoms with Crippen molar-refractivity contribution >= 4 is 37.8 Å². The molecule has 0 spiro atoms. The maximum Gasteiger partial charge on any atom is 0.459 e. The lowest BCUT2D eigenvalue weighted by Crippen LogP contribution is -2.35. The number of aliphatic hydroxyl groups excluding tert-OH is 5. The van der Waals surface area contributed by atoms with Gasteiger partial charge >= 0.3 is 55.0 Å². The molecule has 3 saturated heterocycles. The molecule has 0 amide bonds. The Bertz CT molecular complexity index is 5240. The smallest absolute Gasteiger partial charge is 0.459 e. The van der Waals surface area contributed by atoms with Gasteiger partial charge in [-0.3, -0.25) is 85.8 Å². The number of esters is 2. The van der Waals surface area contributed by atoms with Gasteiger partial charge < -0.3 is 72.5 Å². The molecule has 0 radical (unpaired) electrons. The van der Waals surface area contributed by atoms with Gasteiger partial charge in [-0.2, -0.15) is 5.09 Å². The summed E-state index contributed by atoms with van der Waals surface area (Å²) in [5.41, 5.74) is -0.715. The second-order valence-corrected chi connectivity index (χ2v) is 32.3. The fraction of sp³-hybridized carbons (Fsp3) is 0.474. The van der Waals surface area contributed by atoms with Crippen LogP contribution in [0.25, 0.3) is 0 Å². The van der Waals surface area contributed by atoms with Crippen molar-refractivity contribution in [1.82, 2.24) is 57.9 Å². The molecule has 0 saturated carbocycles. The van der Waals surface area contributed by atoms with E-state index in [-0.39, 0.29) is 39.5 Å². The topological polar surface area (TPSA) is 569 Å². The van der Waals surface area contributed by atoms with Crippen molar-refractivity contribution in [2.45, 2.75) is 174 Å². The summed E-state index contributed by atoms with van der Waals surface area (Å²) in [6.45, 7) is 12.3. The van der Waals surface area contributed by atoms with Gasteiger partial charge in [0, 0.05) is 89.7 Å². The van der Waals surface area contributed by atoms with Crippen molar-refractivity contribution in [3.05, 3.63) is 259 Å². The minimum atomic E-state index is -3.99. The van der Waals surface area contributed by atoms with E-state index < -0.39 is 163 Å². The molecule has 0 aliphatic carbocycles. The standard InChI is InChI=1S/C21H28N3O8P.C11H15ClNO4P.C10H14N2O5.3C10H12N2O4.C4H8O/c1-13-5-7-16(8-6-13)32-33(28,23-15(3)20(26)29-4)30-12-17-9-10-18(31-17)24-11-14(2)19(25)22-21(24)27;1-8-4-6-10(7-5-8)17-18(12,15)13-9(2)11(14)16-3;1-5-3-12(10(16)11-9(5)15)8-2-6(14)7(4-13)17-8;3*1-6-4-12(10(15)11-9(6)14)8-3-2-7(5-13)16-8;1-2-4-5-3-1/h5-8,11,15,17-18H,9-10,12H2,1-4H3,(H,23,28)(H,22,25,27);4-7,9H,1-3H3,(H,13,15);3,6-8,13-14H,2,4H2,1H3,(H,11,15,16);3*2-4,7-8,13H,5H2,1H3,(H,11,14,15);1-4H2/t15?,17-,18+,33?;;6?,7-,8?;7-,8?;2*7-,8+;/m0.1000./s1. The Morgan fingerprint density at radius 2 is 0.826 bits per heavy atom. The van der Waals surface area contributed by atoms with Crippen molar-refractivity contribution in [3.63, 3.8) is 0 Å². The Labute approximate surface area is 693 Å². The van der Waals surface area contributed by atoms with Crippen molar-refractivity contribution < 1.29 is 95.7 Å². The lowest BCUT2D eigenvalue weighted by Gasteiger charge is -2.24. The summed E-state index contributed by atoms with van der Waals surface area (Å²) in [4.78, 5) is 148. The van der Waals surface area contributed by atoms with Gasteiger partial charge in [0.25, 0.3) is 27.8 Å². The SMILES string of the molecule is C1CCOC1.COC(=O)C(C)NP(=O)(Cl)Oc1ccc(C)cc1.COC(=O)C(C)NP(=O)(OC[C@@H]1CC[C@H](n2cc(C)c(=O)[nH]c2=O)O1)Oc1ccc(C)cc1.Cc1cn(C2C=C[C@@H](CO)O2)c(=O)[nH]c1=O.Cc1cn(C2CC(O)[C@@H](CO)O2)c(=O)[nH]c1=O.Cc1cn([C@H]2C=C[C@@H](CO)O2)c(=O)[nH]c1=O.Cc1cn([C@H]2C=C[C@@H](CO)O2)c(=O)[nH]c1=O. The van der Waals surface area contributed by atoms with Gasteiger partial charge in [0.1, 0.15) is 60.5 Å². The van der Waals surface area contributed by atoms with Crippen LogP contribution in [-0.2, 0) is 61.1 Å². The van der Waals surface area contributed by atoms with Gasteiger partial charge in [0.15, 0.2) is 18.7 Å². The highest BCUT2D eigenvalue weighted by Crippen LogP contribution is 2.49. The highest BCUT2D eigenvalue weighted by molar-refractivity contribution is 7.84. The lowest BCUT2D eigenvalue weighted by molar-refractivity contribution is -0.143. The summed E-state index contributed by atoms with van der Waals surface area (Å²) in [5.74, 6) is -0.530. The van der Waals surface area contributed by atoms with E-state index >= 15 is 0 Å². The van der Waals surface area contributed by atoms with E-state index in [1.807, 2.05) is 13.8 Å². The predicted molar refractivity (Wildman–Crippen MR) is 435 cm³/mol. The van der Waals surface area contributed by atoms with Gasteiger partial charge in [0.2, 0.25) is 0 Å². The van der Waals surface area contributed by atoms with Gasteiger partial charge in [-0.1, -0.05) is 53.6 Å². The zero-order valence-electron chi connectivity index (χ0n) is 67.9. The summed E-state index contributed by atoms with van der Waals surface area (Å²) < 4.78 is 89.4. The molecule has 5 aromatic heterocycles. The first kappa shape index (κ1) is 97.9. The number of rotatable bonds is 22. The number of benzene rings is 2. The van der Waals surface area contributed by atoms with E-state index in [4.69, 9.17) is 73.7 Å². The lowest BCUT2D eigenvalue weighted by atomic mass is 10.2. The average molecular weight is 1760 g/mol. The number of aryl methyl sites for hydroxylation is 7. The number of methoxy groups -OCH3 is 2. The molecule has 13 rings (SSSR count). The number of carbonyl (C=O) groups excluding carboxylic acids is 2. The molecule has 6 aliphatic heterocycles. The molecule has 7 aromatic rings. The van der Waals surface area contributed by atoms with Crippen LogP contribution in [0.4, 0.5) is 0 Å². The van der Waals surface area contributed by atoms with Gasteiger partial charge in [-0.05, 0) is 130 Å². The van der Waals surface area contributed by atoms with E-state index in [2.05, 4.69) is 44.6 Å². The molecule has 3 fully saturated rings. The van der Waals surface area contributed by atoms with Gasteiger partial charge in [-0.25, -0.2) is 38.2 Å². The molecule has 7 unspecified atom stereocenters. The molecule has 662 valence electrons. The van der Waals surface area contributed by atoms with E-state index in [1.165, 1.54) is 94.7 Å². The third kappa shape index (κ3) is 29.3. The monoisotopic (exact) mass is 1760 g/mol.